The third-order valence-electron chi connectivity index (χ3n) is 1.90. The molecule has 13 heavy (non-hydrogen) atoms. The fraction of sp³-hybridized carbons (Fsp3) is 0.100. The highest BCUT2D eigenvalue weighted by Gasteiger charge is 2.07. The van der Waals surface area contributed by atoms with Crippen molar-refractivity contribution in [1.82, 2.24) is 5.16 Å². The minimum Gasteiger partial charge on any atom is -0.399 e. The molecule has 3 nitrogen and oxygen atoms in total. The monoisotopic (exact) mass is 174 g/mol. The molecular weight excluding hydrogens is 164 g/mol. The van der Waals surface area contributed by atoms with Gasteiger partial charge in [-0.2, -0.15) is 0 Å². The Kier molecular flexibility index (Phi) is 1.59. The molecule has 66 valence electrons. The lowest BCUT2D eigenvalue weighted by molar-refractivity contribution is 0.454. The average Bonchev–Trinajstić information content (AvgIpc) is 2.46. The first-order valence-corrected chi connectivity index (χ1v) is 3.99. The van der Waals surface area contributed by atoms with Crippen molar-refractivity contribution < 1.29 is 4.52 Å². The fourth-order valence-corrected chi connectivity index (χ4v) is 1.26. The quantitative estimate of drug-likeness (QED) is 0.675. The van der Waals surface area contributed by atoms with Crippen LogP contribution in [0.2, 0.25) is 0 Å². The number of hydrogen-bond acceptors (Lipinski definition) is 3. The molecule has 0 unspecified atom stereocenters. The van der Waals surface area contributed by atoms with Gasteiger partial charge in [-0.25, -0.2) is 0 Å². The zero-order chi connectivity index (χ0) is 9.42. The summed E-state index contributed by atoms with van der Waals surface area (Å²) < 4.78 is 5.10. The number of nitrogens with zero attached hydrogens (tertiary/aromatic N) is 1. The molecule has 0 radical (unpaired) electrons. The molecule has 0 saturated heterocycles. The van der Waals surface area contributed by atoms with Crippen molar-refractivity contribution in [2.45, 2.75) is 6.92 Å². The fourth-order valence-electron chi connectivity index (χ4n) is 1.26. The van der Waals surface area contributed by atoms with Crippen LogP contribution >= 0.6 is 0 Å². The standard InChI is InChI=1S/C10H10N2O/c1-6(2)10-8-4-3-7(11)5-9(8)13-12-10/h3-5H,1,11H2,2H3. The van der Waals surface area contributed by atoms with E-state index in [1.165, 1.54) is 0 Å². The summed E-state index contributed by atoms with van der Waals surface area (Å²) in [6, 6.07) is 5.48. The van der Waals surface area contributed by atoms with Gasteiger partial charge in [-0.15, -0.1) is 0 Å². The van der Waals surface area contributed by atoms with Gasteiger partial charge in [0, 0.05) is 17.1 Å². The van der Waals surface area contributed by atoms with Crippen molar-refractivity contribution >= 4 is 22.2 Å². The number of fused-ring (bicyclic) bond motifs is 1. The highest BCUT2D eigenvalue weighted by atomic mass is 16.5. The number of allylic oxidation sites excluding steroid dienone is 1. The maximum atomic E-state index is 5.60. The number of aromatic nitrogens is 1. The zero-order valence-electron chi connectivity index (χ0n) is 7.37. The summed E-state index contributed by atoms with van der Waals surface area (Å²) in [5.41, 5.74) is 8.68. The van der Waals surface area contributed by atoms with E-state index in [2.05, 4.69) is 11.7 Å². The predicted molar refractivity (Wildman–Crippen MR) is 53.1 cm³/mol. The Hall–Kier alpha value is -1.77. The summed E-state index contributed by atoms with van der Waals surface area (Å²) in [6.45, 7) is 5.71. The van der Waals surface area contributed by atoms with Gasteiger partial charge >= 0.3 is 0 Å². The lowest BCUT2D eigenvalue weighted by Crippen LogP contribution is -1.82. The number of anilines is 1. The molecule has 0 atom stereocenters. The minimum atomic E-state index is 0.678. The molecule has 2 rings (SSSR count). The van der Waals surface area contributed by atoms with E-state index in [1.54, 1.807) is 6.07 Å². The first kappa shape index (κ1) is 7.86. The molecule has 0 aliphatic carbocycles. The van der Waals surface area contributed by atoms with Crippen LogP contribution in [0.1, 0.15) is 12.6 Å². The second-order valence-electron chi connectivity index (χ2n) is 3.07. The highest BCUT2D eigenvalue weighted by Crippen LogP contribution is 2.24. The van der Waals surface area contributed by atoms with Crippen LogP contribution < -0.4 is 5.73 Å². The lowest BCUT2D eigenvalue weighted by atomic mass is 10.1. The smallest absolute Gasteiger partial charge is 0.169 e. The highest BCUT2D eigenvalue weighted by molar-refractivity contribution is 5.89. The van der Waals surface area contributed by atoms with E-state index < -0.39 is 0 Å². The Morgan fingerprint density at radius 1 is 1.54 bits per heavy atom. The van der Waals surface area contributed by atoms with Crippen LogP contribution in [0.15, 0.2) is 29.3 Å². The Bertz CT molecular complexity index is 471. The largest absolute Gasteiger partial charge is 0.399 e. The van der Waals surface area contributed by atoms with E-state index in [1.807, 2.05) is 19.1 Å². The molecule has 1 heterocycles. The SMILES string of the molecule is C=C(C)c1noc2cc(N)ccc12. The normalized spacial score (nSPS) is 10.5. The van der Waals surface area contributed by atoms with E-state index in [4.69, 9.17) is 10.3 Å². The van der Waals surface area contributed by atoms with Crippen LogP contribution in [0.5, 0.6) is 0 Å². The van der Waals surface area contributed by atoms with Gasteiger partial charge in [0.1, 0.15) is 5.69 Å². The first-order valence-electron chi connectivity index (χ1n) is 3.99. The summed E-state index contributed by atoms with van der Waals surface area (Å²) in [5.74, 6) is 0. The molecular formula is C10H10N2O. The van der Waals surface area contributed by atoms with Crippen LogP contribution in [0.25, 0.3) is 16.5 Å². The third-order valence-corrected chi connectivity index (χ3v) is 1.90. The predicted octanol–water partition coefficient (Wildman–Crippen LogP) is 2.44. The van der Waals surface area contributed by atoms with Gasteiger partial charge < -0.3 is 10.3 Å². The van der Waals surface area contributed by atoms with Gasteiger partial charge in [0.25, 0.3) is 0 Å². The van der Waals surface area contributed by atoms with E-state index in [-0.39, 0.29) is 0 Å². The van der Waals surface area contributed by atoms with Crippen molar-refractivity contribution in [1.29, 1.82) is 0 Å². The Labute approximate surface area is 75.8 Å². The Balaban J connectivity index is 2.76. The van der Waals surface area contributed by atoms with Crippen molar-refractivity contribution in [3.8, 4) is 0 Å². The maximum Gasteiger partial charge on any atom is 0.169 e. The molecule has 2 N–H and O–H groups in total. The molecule has 0 bridgehead atoms. The molecule has 1 aromatic carbocycles. The molecule has 2 aromatic rings. The Morgan fingerprint density at radius 3 is 3.00 bits per heavy atom. The van der Waals surface area contributed by atoms with E-state index in [9.17, 15) is 0 Å². The summed E-state index contributed by atoms with van der Waals surface area (Å²) >= 11 is 0. The van der Waals surface area contributed by atoms with Crippen molar-refractivity contribution in [3.05, 3.63) is 30.5 Å². The van der Waals surface area contributed by atoms with Crippen LogP contribution in [-0.4, -0.2) is 5.16 Å². The second-order valence-corrected chi connectivity index (χ2v) is 3.07. The lowest BCUT2D eigenvalue weighted by Gasteiger charge is -1.92. The summed E-state index contributed by atoms with van der Waals surface area (Å²) in [6.07, 6.45) is 0. The third kappa shape index (κ3) is 1.18. The van der Waals surface area contributed by atoms with E-state index in [0.717, 1.165) is 16.7 Å². The van der Waals surface area contributed by atoms with Crippen molar-refractivity contribution in [3.63, 3.8) is 0 Å². The molecule has 0 spiro atoms. The zero-order valence-corrected chi connectivity index (χ0v) is 7.37. The van der Waals surface area contributed by atoms with Gasteiger partial charge in [-0.05, 0) is 24.6 Å². The number of benzene rings is 1. The van der Waals surface area contributed by atoms with Crippen LogP contribution in [0.3, 0.4) is 0 Å². The van der Waals surface area contributed by atoms with Crippen LogP contribution in [0.4, 0.5) is 5.69 Å². The van der Waals surface area contributed by atoms with Crippen LogP contribution in [-0.2, 0) is 0 Å². The van der Waals surface area contributed by atoms with Gasteiger partial charge in [0.15, 0.2) is 5.58 Å². The van der Waals surface area contributed by atoms with Gasteiger partial charge in [-0.3, -0.25) is 0 Å². The number of nitrogen functional groups attached to an aromatic ring is 1. The molecule has 0 fully saturated rings. The van der Waals surface area contributed by atoms with Gasteiger partial charge in [-0.1, -0.05) is 11.7 Å². The van der Waals surface area contributed by atoms with E-state index >= 15 is 0 Å². The number of hydrogen-bond donors (Lipinski definition) is 1. The average molecular weight is 174 g/mol. The summed E-state index contributed by atoms with van der Waals surface area (Å²) in [4.78, 5) is 0. The number of rotatable bonds is 1. The second kappa shape index (κ2) is 2.62. The Morgan fingerprint density at radius 2 is 2.31 bits per heavy atom. The minimum absolute atomic E-state index is 0.678. The van der Waals surface area contributed by atoms with Crippen LogP contribution in [0, 0.1) is 0 Å². The topological polar surface area (TPSA) is 52.0 Å². The maximum absolute atomic E-state index is 5.60. The molecule has 3 heteroatoms. The summed E-state index contributed by atoms with van der Waals surface area (Å²) in [7, 11) is 0. The first-order chi connectivity index (χ1) is 6.18. The molecule has 0 saturated carbocycles. The number of nitrogens with two attached hydrogens (primary N) is 1. The molecule has 0 aliphatic heterocycles. The van der Waals surface area contributed by atoms with E-state index in [0.29, 0.717) is 11.3 Å². The summed E-state index contributed by atoms with van der Waals surface area (Å²) in [5, 5.41) is 4.87. The molecule has 0 aliphatic rings. The van der Waals surface area contributed by atoms with Gasteiger partial charge in [0.05, 0.1) is 0 Å². The van der Waals surface area contributed by atoms with Crippen molar-refractivity contribution in [2.75, 3.05) is 5.73 Å². The van der Waals surface area contributed by atoms with Crippen molar-refractivity contribution in [2.24, 2.45) is 0 Å². The molecule has 0 amide bonds. The van der Waals surface area contributed by atoms with Gasteiger partial charge in [0.2, 0.25) is 0 Å². The molecule has 1 aromatic heterocycles.